The molecule has 5 nitrogen and oxygen atoms in total. The van der Waals surface area contributed by atoms with Gasteiger partial charge in [-0.15, -0.1) is 0 Å². The molecule has 1 aromatic rings. The number of carbonyl (C=O) groups is 1. The summed E-state index contributed by atoms with van der Waals surface area (Å²) in [5.41, 5.74) is -0.794. The van der Waals surface area contributed by atoms with E-state index in [1.807, 2.05) is 26.2 Å². The molecule has 1 aromatic heterocycles. The first kappa shape index (κ1) is 15.0. The standard InChI is InChI=1S/C15H25N3O2/c1-10(2)13-16-7-8-18(13)12-5-6-15(9-12,14(19)20)17-11(3)4/h7-8,10-12,17H,5-6,9H2,1-4H3,(H,19,20). The molecule has 0 aromatic carbocycles. The molecule has 112 valence electrons. The van der Waals surface area contributed by atoms with Crippen molar-refractivity contribution in [3.05, 3.63) is 18.2 Å². The summed E-state index contributed by atoms with van der Waals surface area (Å²) in [7, 11) is 0. The van der Waals surface area contributed by atoms with Gasteiger partial charge in [0.1, 0.15) is 11.4 Å². The first-order valence-electron chi connectivity index (χ1n) is 7.39. The van der Waals surface area contributed by atoms with Gasteiger partial charge in [-0.05, 0) is 33.1 Å². The van der Waals surface area contributed by atoms with Crippen LogP contribution in [-0.2, 0) is 4.79 Å². The van der Waals surface area contributed by atoms with Crippen molar-refractivity contribution >= 4 is 5.97 Å². The number of carboxylic acids is 1. The first-order valence-corrected chi connectivity index (χ1v) is 7.39. The number of carboxylic acid groups (broad SMARTS) is 1. The highest BCUT2D eigenvalue weighted by molar-refractivity contribution is 5.79. The zero-order valence-electron chi connectivity index (χ0n) is 12.8. The topological polar surface area (TPSA) is 67.2 Å². The lowest BCUT2D eigenvalue weighted by Crippen LogP contribution is -2.53. The Morgan fingerprint density at radius 2 is 2.20 bits per heavy atom. The second-order valence-corrected chi connectivity index (χ2v) is 6.43. The normalized spacial score (nSPS) is 26.6. The van der Waals surface area contributed by atoms with Crippen LogP contribution in [0.4, 0.5) is 0 Å². The number of nitrogens with one attached hydrogen (secondary N) is 1. The molecule has 0 amide bonds. The predicted octanol–water partition coefficient (Wildman–Crippen LogP) is 2.55. The molecule has 0 spiro atoms. The quantitative estimate of drug-likeness (QED) is 0.869. The summed E-state index contributed by atoms with van der Waals surface area (Å²) in [4.78, 5) is 16.1. The fourth-order valence-corrected chi connectivity index (χ4v) is 3.28. The van der Waals surface area contributed by atoms with Crippen molar-refractivity contribution in [1.82, 2.24) is 14.9 Å². The molecule has 2 rings (SSSR count). The maximum Gasteiger partial charge on any atom is 0.323 e. The average Bonchev–Trinajstić information content (AvgIpc) is 2.93. The third-order valence-corrected chi connectivity index (χ3v) is 4.07. The van der Waals surface area contributed by atoms with E-state index in [9.17, 15) is 9.90 Å². The number of aromatic nitrogens is 2. The molecule has 1 fully saturated rings. The third kappa shape index (κ3) is 2.73. The highest BCUT2D eigenvalue weighted by atomic mass is 16.4. The van der Waals surface area contributed by atoms with Gasteiger partial charge in [-0.25, -0.2) is 4.98 Å². The average molecular weight is 279 g/mol. The van der Waals surface area contributed by atoms with E-state index in [0.29, 0.717) is 18.8 Å². The number of aliphatic carboxylic acids is 1. The van der Waals surface area contributed by atoms with E-state index in [1.54, 1.807) is 0 Å². The Bertz CT molecular complexity index is 481. The maximum atomic E-state index is 11.7. The molecule has 1 heterocycles. The second kappa shape index (κ2) is 5.56. The molecular formula is C15H25N3O2. The fourth-order valence-electron chi connectivity index (χ4n) is 3.28. The number of imidazole rings is 1. The summed E-state index contributed by atoms with van der Waals surface area (Å²) in [5.74, 6) is 0.656. The highest BCUT2D eigenvalue weighted by Crippen LogP contribution is 2.39. The van der Waals surface area contributed by atoms with Crippen molar-refractivity contribution in [1.29, 1.82) is 0 Å². The van der Waals surface area contributed by atoms with Crippen molar-refractivity contribution in [2.45, 2.75) is 70.5 Å². The zero-order valence-corrected chi connectivity index (χ0v) is 12.8. The van der Waals surface area contributed by atoms with E-state index in [4.69, 9.17) is 0 Å². The Kier molecular flexibility index (Phi) is 4.18. The minimum atomic E-state index is -0.794. The Morgan fingerprint density at radius 3 is 2.75 bits per heavy atom. The molecule has 0 aliphatic heterocycles. The molecule has 0 saturated heterocycles. The van der Waals surface area contributed by atoms with Gasteiger partial charge in [0.05, 0.1) is 0 Å². The van der Waals surface area contributed by atoms with Gasteiger partial charge >= 0.3 is 5.97 Å². The van der Waals surface area contributed by atoms with Gasteiger partial charge in [-0.1, -0.05) is 13.8 Å². The van der Waals surface area contributed by atoms with Gasteiger partial charge in [0.2, 0.25) is 0 Å². The lowest BCUT2D eigenvalue weighted by atomic mass is 9.96. The zero-order chi connectivity index (χ0) is 14.9. The molecule has 1 aliphatic carbocycles. The number of rotatable bonds is 5. The third-order valence-electron chi connectivity index (χ3n) is 4.07. The molecule has 1 saturated carbocycles. The van der Waals surface area contributed by atoms with Gasteiger partial charge < -0.3 is 9.67 Å². The Morgan fingerprint density at radius 1 is 1.50 bits per heavy atom. The molecule has 0 radical (unpaired) electrons. The van der Waals surface area contributed by atoms with Crippen molar-refractivity contribution in [2.24, 2.45) is 0 Å². The van der Waals surface area contributed by atoms with E-state index in [-0.39, 0.29) is 12.1 Å². The minimum Gasteiger partial charge on any atom is -0.480 e. The van der Waals surface area contributed by atoms with Gasteiger partial charge in [-0.2, -0.15) is 0 Å². The monoisotopic (exact) mass is 279 g/mol. The predicted molar refractivity (Wildman–Crippen MR) is 77.8 cm³/mol. The van der Waals surface area contributed by atoms with Gasteiger partial charge in [0.15, 0.2) is 0 Å². The fraction of sp³-hybridized carbons (Fsp3) is 0.733. The second-order valence-electron chi connectivity index (χ2n) is 6.43. The van der Waals surface area contributed by atoms with E-state index in [2.05, 4.69) is 28.7 Å². The largest absolute Gasteiger partial charge is 0.480 e. The Labute approximate surface area is 120 Å². The molecular weight excluding hydrogens is 254 g/mol. The van der Waals surface area contributed by atoms with E-state index in [1.165, 1.54) is 0 Å². The van der Waals surface area contributed by atoms with Crippen LogP contribution in [0.5, 0.6) is 0 Å². The first-order chi connectivity index (χ1) is 9.35. The van der Waals surface area contributed by atoms with Gasteiger partial charge in [0, 0.05) is 30.4 Å². The summed E-state index contributed by atoms with van der Waals surface area (Å²) < 4.78 is 2.16. The van der Waals surface area contributed by atoms with Crippen LogP contribution < -0.4 is 5.32 Å². The molecule has 0 bridgehead atoms. The number of nitrogens with zero attached hydrogens (tertiary/aromatic N) is 2. The number of hydrogen-bond donors (Lipinski definition) is 2. The molecule has 5 heteroatoms. The lowest BCUT2D eigenvalue weighted by molar-refractivity contribution is -0.145. The maximum absolute atomic E-state index is 11.7. The molecule has 2 unspecified atom stereocenters. The Balaban J connectivity index is 2.22. The summed E-state index contributed by atoms with van der Waals surface area (Å²) in [5, 5.41) is 12.9. The molecule has 2 atom stereocenters. The highest BCUT2D eigenvalue weighted by Gasteiger charge is 2.46. The van der Waals surface area contributed by atoms with Crippen LogP contribution in [0, 0.1) is 0 Å². The van der Waals surface area contributed by atoms with Crippen LogP contribution in [-0.4, -0.2) is 32.2 Å². The summed E-state index contributed by atoms with van der Waals surface area (Å²) >= 11 is 0. The molecule has 20 heavy (non-hydrogen) atoms. The molecule has 1 aliphatic rings. The van der Waals surface area contributed by atoms with E-state index < -0.39 is 11.5 Å². The van der Waals surface area contributed by atoms with Gasteiger partial charge in [0.25, 0.3) is 0 Å². The van der Waals surface area contributed by atoms with Crippen molar-refractivity contribution in [3.63, 3.8) is 0 Å². The number of hydrogen-bond acceptors (Lipinski definition) is 3. The van der Waals surface area contributed by atoms with E-state index >= 15 is 0 Å². The smallest absolute Gasteiger partial charge is 0.323 e. The van der Waals surface area contributed by atoms with Crippen LogP contribution >= 0.6 is 0 Å². The summed E-state index contributed by atoms with van der Waals surface area (Å²) in [6.07, 6.45) is 5.96. The SMILES string of the molecule is CC(C)NC1(C(=O)O)CCC(n2ccnc2C(C)C)C1. The van der Waals surface area contributed by atoms with Gasteiger partial charge in [-0.3, -0.25) is 10.1 Å². The summed E-state index contributed by atoms with van der Waals surface area (Å²) in [6.45, 7) is 8.22. The van der Waals surface area contributed by atoms with Crippen LogP contribution in [0.25, 0.3) is 0 Å². The molecule has 2 N–H and O–H groups in total. The van der Waals surface area contributed by atoms with Crippen LogP contribution in [0.1, 0.15) is 64.7 Å². The van der Waals surface area contributed by atoms with Crippen LogP contribution in [0.15, 0.2) is 12.4 Å². The van der Waals surface area contributed by atoms with Crippen molar-refractivity contribution in [3.8, 4) is 0 Å². The minimum absolute atomic E-state index is 0.164. The Hall–Kier alpha value is -1.36. The summed E-state index contributed by atoms with van der Waals surface area (Å²) in [6, 6.07) is 0.384. The van der Waals surface area contributed by atoms with Crippen LogP contribution in [0.2, 0.25) is 0 Å². The van der Waals surface area contributed by atoms with E-state index in [0.717, 1.165) is 12.2 Å². The van der Waals surface area contributed by atoms with Crippen LogP contribution in [0.3, 0.4) is 0 Å². The van der Waals surface area contributed by atoms with Crippen molar-refractivity contribution < 1.29 is 9.90 Å². The lowest BCUT2D eigenvalue weighted by Gasteiger charge is -2.29. The van der Waals surface area contributed by atoms with Crippen molar-refractivity contribution in [2.75, 3.05) is 0 Å².